The Morgan fingerprint density at radius 1 is 0.759 bits per heavy atom. The minimum absolute atomic E-state index is 0.0244. The number of hydrogen-bond donors (Lipinski definition) is 0. The van der Waals surface area contributed by atoms with Crippen LogP contribution in [0.5, 0.6) is 0 Å². The van der Waals surface area contributed by atoms with E-state index in [-0.39, 0.29) is 22.3 Å². The molecule has 29 heavy (non-hydrogen) atoms. The monoisotopic (exact) mass is 432 g/mol. The van der Waals surface area contributed by atoms with Crippen LogP contribution in [0.4, 0.5) is 26.3 Å². The van der Waals surface area contributed by atoms with Crippen LogP contribution < -0.4 is 0 Å². The van der Waals surface area contributed by atoms with Crippen LogP contribution in [0.1, 0.15) is 36.8 Å². The average molecular weight is 432 g/mol. The minimum atomic E-state index is -4.09. The van der Waals surface area contributed by atoms with Gasteiger partial charge in [-0.1, -0.05) is 12.1 Å². The van der Waals surface area contributed by atoms with Crippen LogP contribution in [0.15, 0.2) is 29.2 Å². The van der Waals surface area contributed by atoms with E-state index in [1.807, 2.05) is 0 Å². The van der Waals surface area contributed by atoms with Gasteiger partial charge in [0.2, 0.25) is 15.7 Å². The van der Waals surface area contributed by atoms with Gasteiger partial charge in [0, 0.05) is 0 Å². The van der Waals surface area contributed by atoms with Gasteiger partial charge in [-0.3, -0.25) is 0 Å². The standard InChI is InChI=1S/C20H14F6O2S/c21-9-29(27,28)11-3-1-10(2-4-11)12-7-20(5-6-20)8-13(12)14-15(22)17(24)19(26)18(25)16(14)23/h1-4H,5-9H2. The number of alkyl halides is 1. The molecule has 1 fully saturated rings. The predicted octanol–water partition coefficient (Wildman–Crippen LogP) is 5.57. The number of halogens is 6. The summed E-state index contributed by atoms with van der Waals surface area (Å²) in [4.78, 5) is -0.263. The number of rotatable bonds is 4. The molecule has 2 nitrogen and oxygen atoms in total. The largest absolute Gasteiger partial charge is 0.233 e. The van der Waals surface area contributed by atoms with Crippen molar-refractivity contribution < 1.29 is 34.8 Å². The Hall–Kier alpha value is -2.29. The van der Waals surface area contributed by atoms with E-state index in [2.05, 4.69) is 0 Å². The zero-order valence-electron chi connectivity index (χ0n) is 14.8. The van der Waals surface area contributed by atoms with Crippen molar-refractivity contribution in [2.24, 2.45) is 5.41 Å². The first kappa shape index (κ1) is 20.0. The van der Waals surface area contributed by atoms with Crippen molar-refractivity contribution in [3.63, 3.8) is 0 Å². The number of allylic oxidation sites excluding steroid dienone is 2. The van der Waals surface area contributed by atoms with E-state index < -0.39 is 50.5 Å². The number of benzene rings is 2. The molecule has 2 aromatic carbocycles. The molecular formula is C20H14F6O2S. The third kappa shape index (κ3) is 3.15. The van der Waals surface area contributed by atoms with E-state index in [1.54, 1.807) is 0 Å². The Kier molecular flexibility index (Phi) is 4.56. The molecular weight excluding hydrogens is 418 g/mol. The van der Waals surface area contributed by atoms with Gasteiger partial charge in [0.15, 0.2) is 29.3 Å². The Labute approximate surface area is 162 Å². The molecule has 4 rings (SSSR count). The van der Waals surface area contributed by atoms with Gasteiger partial charge >= 0.3 is 0 Å². The molecule has 0 aromatic heterocycles. The molecule has 0 amide bonds. The first-order chi connectivity index (χ1) is 13.6. The van der Waals surface area contributed by atoms with Crippen LogP contribution in [-0.2, 0) is 9.84 Å². The molecule has 2 aromatic rings. The lowest BCUT2D eigenvalue weighted by Crippen LogP contribution is -2.07. The lowest BCUT2D eigenvalue weighted by molar-refractivity contribution is 0.376. The molecule has 0 radical (unpaired) electrons. The fourth-order valence-electron chi connectivity index (χ4n) is 3.87. The first-order valence-electron chi connectivity index (χ1n) is 8.73. The molecule has 1 saturated carbocycles. The molecule has 0 N–H and O–H groups in total. The maximum atomic E-state index is 14.4. The molecule has 0 aliphatic heterocycles. The summed E-state index contributed by atoms with van der Waals surface area (Å²) in [6.45, 7) is 0. The molecule has 0 atom stereocenters. The van der Waals surface area contributed by atoms with Crippen molar-refractivity contribution in [2.45, 2.75) is 30.6 Å². The van der Waals surface area contributed by atoms with Crippen LogP contribution in [0.2, 0.25) is 0 Å². The van der Waals surface area contributed by atoms with Crippen LogP contribution in [0.25, 0.3) is 11.1 Å². The fourth-order valence-corrected chi connectivity index (χ4v) is 4.54. The zero-order chi connectivity index (χ0) is 21.1. The van der Waals surface area contributed by atoms with E-state index in [4.69, 9.17) is 0 Å². The molecule has 1 spiro atoms. The molecule has 0 unspecified atom stereocenters. The summed E-state index contributed by atoms with van der Waals surface area (Å²) >= 11 is 0. The molecule has 154 valence electrons. The quantitative estimate of drug-likeness (QED) is 0.360. The van der Waals surface area contributed by atoms with Crippen LogP contribution in [0.3, 0.4) is 0 Å². The average Bonchev–Trinajstić information content (AvgIpc) is 3.37. The molecule has 2 aliphatic carbocycles. The summed E-state index contributed by atoms with van der Waals surface area (Å²) in [5.41, 5.74) is -0.411. The molecule has 9 heteroatoms. The molecule has 2 aliphatic rings. The van der Waals surface area contributed by atoms with Gasteiger partial charge in [-0.2, -0.15) is 0 Å². The van der Waals surface area contributed by atoms with Crippen LogP contribution in [-0.4, -0.2) is 14.4 Å². The summed E-state index contributed by atoms with van der Waals surface area (Å²) in [6, 6.07) is 3.45. The van der Waals surface area contributed by atoms with Gasteiger partial charge in [-0.05, 0) is 59.9 Å². The lowest BCUT2D eigenvalue weighted by atomic mass is 9.96. The van der Waals surface area contributed by atoms with Gasteiger partial charge in [-0.25, -0.2) is 34.8 Å². The fraction of sp³-hybridized carbons (Fsp3) is 0.300. The van der Waals surface area contributed by atoms with Crippen molar-refractivity contribution >= 4 is 21.0 Å². The minimum Gasteiger partial charge on any atom is -0.233 e. The van der Waals surface area contributed by atoms with E-state index in [0.29, 0.717) is 17.6 Å². The summed E-state index contributed by atoms with van der Waals surface area (Å²) in [7, 11) is -4.09. The van der Waals surface area contributed by atoms with E-state index >= 15 is 0 Å². The van der Waals surface area contributed by atoms with Crippen LogP contribution >= 0.6 is 0 Å². The summed E-state index contributed by atoms with van der Waals surface area (Å²) < 4.78 is 106. The maximum Gasteiger partial charge on any atom is 0.207 e. The third-order valence-corrected chi connectivity index (χ3v) is 6.92. The van der Waals surface area contributed by atoms with Crippen molar-refractivity contribution in [3.8, 4) is 0 Å². The second kappa shape index (κ2) is 6.62. The zero-order valence-corrected chi connectivity index (χ0v) is 15.7. The molecule has 0 heterocycles. The second-order valence-electron chi connectivity index (χ2n) is 7.50. The summed E-state index contributed by atoms with van der Waals surface area (Å²) in [5.74, 6) is -10.0. The highest BCUT2D eigenvalue weighted by Crippen LogP contribution is 2.63. The Morgan fingerprint density at radius 3 is 1.72 bits per heavy atom. The topological polar surface area (TPSA) is 34.1 Å². The molecule has 0 bridgehead atoms. The maximum absolute atomic E-state index is 14.4. The summed E-state index contributed by atoms with van der Waals surface area (Å²) in [5, 5.41) is 0. The van der Waals surface area contributed by atoms with Gasteiger partial charge in [-0.15, -0.1) is 0 Å². The van der Waals surface area contributed by atoms with Crippen molar-refractivity contribution in [1.82, 2.24) is 0 Å². The Bertz CT molecular complexity index is 1120. The Morgan fingerprint density at radius 2 is 1.24 bits per heavy atom. The van der Waals surface area contributed by atoms with Crippen molar-refractivity contribution in [3.05, 3.63) is 64.5 Å². The number of sulfone groups is 1. The van der Waals surface area contributed by atoms with E-state index in [9.17, 15) is 34.8 Å². The first-order valence-corrected chi connectivity index (χ1v) is 10.4. The second-order valence-corrected chi connectivity index (χ2v) is 9.42. The smallest absolute Gasteiger partial charge is 0.207 e. The Balaban J connectivity index is 1.88. The van der Waals surface area contributed by atoms with Crippen LogP contribution in [0, 0.1) is 34.5 Å². The normalized spacial score (nSPS) is 18.0. The van der Waals surface area contributed by atoms with Gasteiger partial charge in [0.05, 0.1) is 10.5 Å². The molecule has 0 saturated heterocycles. The third-order valence-electron chi connectivity index (χ3n) is 5.64. The predicted molar refractivity (Wildman–Crippen MR) is 93.5 cm³/mol. The SMILES string of the molecule is O=S(=O)(CF)c1ccc(C2=C(c3c(F)c(F)c(F)c(F)c3F)CC3(CC3)C2)cc1. The highest BCUT2D eigenvalue weighted by molar-refractivity contribution is 7.91. The highest BCUT2D eigenvalue weighted by Gasteiger charge is 2.49. The van der Waals surface area contributed by atoms with E-state index in [1.165, 1.54) is 12.1 Å². The number of hydrogen-bond acceptors (Lipinski definition) is 2. The van der Waals surface area contributed by atoms with Crippen molar-refractivity contribution in [2.75, 3.05) is 6.01 Å². The van der Waals surface area contributed by atoms with E-state index in [0.717, 1.165) is 25.0 Å². The van der Waals surface area contributed by atoms with Crippen molar-refractivity contribution in [1.29, 1.82) is 0 Å². The van der Waals surface area contributed by atoms with Gasteiger partial charge in [0.25, 0.3) is 0 Å². The van der Waals surface area contributed by atoms with Gasteiger partial charge < -0.3 is 0 Å². The lowest BCUT2D eigenvalue weighted by Gasteiger charge is -2.12. The van der Waals surface area contributed by atoms with Gasteiger partial charge in [0.1, 0.15) is 0 Å². The highest BCUT2D eigenvalue weighted by atomic mass is 32.2. The summed E-state index contributed by atoms with van der Waals surface area (Å²) in [6.07, 6.45) is 2.04.